The molecule has 0 unspecified atom stereocenters. The summed E-state index contributed by atoms with van der Waals surface area (Å²) in [5, 5.41) is 8.97. The summed E-state index contributed by atoms with van der Waals surface area (Å²) in [6, 6.07) is 5.26. The van der Waals surface area contributed by atoms with Gasteiger partial charge < -0.3 is 14.9 Å². The number of urea groups is 1. The lowest BCUT2D eigenvalue weighted by Crippen LogP contribution is -2.46. The van der Waals surface area contributed by atoms with Crippen molar-refractivity contribution in [3.63, 3.8) is 0 Å². The maximum atomic E-state index is 12.5. The Hall–Kier alpha value is -2.11. The van der Waals surface area contributed by atoms with Gasteiger partial charge in [0.15, 0.2) is 0 Å². The van der Waals surface area contributed by atoms with Crippen molar-refractivity contribution in [1.82, 2.24) is 14.8 Å². The van der Waals surface area contributed by atoms with E-state index in [0.717, 1.165) is 5.69 Å². The van der Waals surface area contributed by atoms with Gasteiger partial charge in [-0.15, -0.1) is 0 Å². The minimum Gasteiger partial charge on any atom is -0.480 e. The number of carboxylic acids is 1. The Morgan fingerprint density at radius 3 is 2.48 bits per heavy atom. The molecule has 0 spiro atoms. The third-order valence-corrected chi connectivity index (χ3v) is 2.91. The van der Waals surface area contributed by atoms with Gasteiger partial charge in [0.25, 0.3) is 0 Å². The van der Waals surface area contributed by atoms with Crippen LogP contribution >= 0.6 is 0 Å². The lowest BCUT2D eigenvalue weighted by molar-refractivity contribution is -0.137. The fourth-order valence-electron chi connectivity index (χ4n) is 2.02. The Kier molecular flexibility index (Phi) is 6.65. The Labute approximate surface area is 125 Å². The summed E-state index contributed by atoms with van der Waals surface area (Å²) in [4.78, 5) is 30.6. The van der Waals surface area contributed by atoms with Crippen LogP contribution in [0.1, 0.15) is 26.5 Å². The Balaban J connectivity index is 2.80. The quantitative estimate of drug-likeness (QED) is 0.835. The van der Waals surface area contributed by atoms with E-state index in [-0.39, 0.29) is 18.5 Å². The van der Waals surface area contributed by atoms with Gasteiger partial charge >= 0.3 is 12.0 Å². The molecule has 0 aliphatic carbocycles. The highest BCUT2D eigenvalue weighted by Gasteiger charge is 2.23. The second-order valence-electron chi connectivity index (χ2n) is 5.29. The minimum absolute atomic E-state index is 0.210. The number of amides is 2. The summed E-state index contributed by atoms with van der Waals surface area (Å²) < 4.78 is 0. The highest BCUT2D eigenvalue weighted by molar-refractivity contribution is 5.80. The molecular weight excluding hydrogens is 270 g/mol. The molecule has 6 nitrogen and oxygen atoms in total. The average Bonchev–Trinajstić information content (AvgIpc) is 2.43. The van der Waals surface area contributed by atoms with Crippen LogP contribution in [0.5, 0.6) is 0 Å². The van der Waals surface area contributed by atoms with E-state index < -0.39 is 5.97 Å². The van der Waals surface area contributed by atoms with Gasteiger partial charge in [0.05, 0.1) is 12.2 Å². The van der Waals surface area contributed by atoms with Crippen LogP contribution in [-0.2, 0) is 11.3 Å². The molecule has 0 bridgehead atoms. The van der Waals surface area contributed by atoms with E-state index in [1.807, 2.05) is 39.0 Å². The van der Waals surface area contributed by atoms with E-state index in [2.05, 4.69) is 4.98 Å². The topological polar surface area (TPSA) is 73.7 Å². The molecule has 0 saturated carbocycles. The number of hydrogen-bond donors (Lipinski definition) is 1. The van der Waals surface area contributed by atoms with E-state index in [4.69, 9.17) is 5.11 Å². The van der Waals surface area contributed by atoms with Gasteiger partial charge in [0.2, 0.25) is 0 Å². The molecule has 0 saturated heterocycles. The van der Waals surface area contributed by atoms with E-state index in [0.29, 0.717) is 19.6 Å². The van der Waals surface area contributed by atoms with Crippen LogP contribution in [0.2, 0.25) is 0 Å². The van der Waals surface area contributed by atoms with Gasteiger partial charge in [-0.05, 0) is 25.0 Å². The molecule has 2 amide bonds. The van der Waals surface area contributed by atoms with Gasteiger partial charge in [-0.25, -0.2) is 4.79 Å². The average molecular weight is 293 g/mol. The molecule has 0 aromatic carbocycles. The van der Waals surface area contributed by atoms with Crippen molar-refractivity contribution >= 4 is 12.0 Å². The largest absolute Gasteiger partial charge is 0.480 e. The normalized spacial score (nSPS) is 10.5. The highest BCUT2D eigenvalue weighted by atomic mass is 16.4. The zero-order chi connectivity index (χ0) is 15.8. The van der Waals surface area contributed by atoms with E-state index in [1.165, 1.54) is 4.90 Å². The second kappa shape index (κ2) is 8.24. The molecule has 1 rings (SSSR count). The van der Waals surface area contributed by atoms with Crippen molar-refractivity contribution in [2.24, 2.45) is 5.92 Å². The minimum atomic E-state index is -1.00. The number of rotatable bonds is 7. The van der Waals surface area contributed by atoms with Gasteiger partial charge in [-0.1, -0.05) is 19.9 Å². The van der Waals surface area contributed by atoms with Crippen LogP contribution in [-0.4, -0.2) is 51.5 Å². The van der Waals surface area contributed by atoms with Gasteiger partial charge in [-0.2, -0.15) is 0 Å². The fraction of sp³-hybridized carbons (Fsp3) is 0.533. The summed E-state index contributed by atoms with van der Waals surface area (Å²) in [6.07, 6.45) is 1.68. The Bertz CT molecular complexity index is 462. The highest BCUT2D eigenvalue weighted by Crippen LogP contribution is 2.08. The van der Waals surface area contributed by atoms with Crippen molar-refractivity contribution < 1.29 is 14.7 Å². The van der Waals surface area contributed by atoms with Crippen LogP contribution in [0, 0.1) is 5.92 Å². The SMILES string of the molecule is CCN(Cc1ccccn1)C(=O)N(CC(=O)O)CC(C)C. The molecule has 0 radical (unpaired) electrons. The van der Waals surface area contributed by atoms with Crippen molar-refractivity contribution in [3.05, 3.63) is 30.1 Å². The molecule has 116 valence electrons. The molecule has 0 aliphatic heterocycles. The summed E-state index contributed by atoms with van der Waals surface area (Å²) >= 11 is 0. The predicted molar refractivity (Wildman–Crippen MR) is 79.8 cm³/mol. The Morgan fingerprint density at radius 1 is 1.29 bits per heavy atom. The lowest BCUT2D eigenvalue weighted by atomic mass is 10.2. The second-order valence-corrected chi connectivity index (χ2v) is 5.29. The first kappa shape index (κ1) is 16.9. The zero-order valence-corrected chi connectivity index (χ0v) is 12.8. The maximum absolute atomic E-state index is 12.5. The maximum Gasteiger partial charge on any atom is 0.323 e. The van der Waals surface area contributed by atoms with E-state index >= 15 is 0 Å². The van der Waals surface area contributed by atoms with Crippen molar-refractivity contribution in [3.8, 4) is 0 Å². The first-order chi connectivity index (χ1) is 9.93. The molecule has 6 heteroatoms. The summed E-state index contributed by atoms with van der Waals surface area (Å²) in [5.41, 5.74) is 0.785. The molecule has 0 atom stereocenters. The molecule has 1 aromatic heterocycles. The third kappa shape index (κ3) is 5.81. The molecular formula is C15H23N3O3. The van der Waals surface area contributed by atoms with E-state index in [9.17, 15) is 9.59 Å². The fourth-order valence-corrected chi connectivity index (χ4v) is 2.02. The molecule has 0 fully saturated rings. The van der Waals surface area contributed by atoms with Gasteiger partial charge in [0.1, 0.15) is 6.54 Å². The number of carbonyl (C=O) groups excluding carboxylic acids is 1. The van der Waals surface area contributed by atoms with E-state index in [1.54, 1.807) is 11.1 Å². The first-order valence-corrected chi connectivity index (χ1v) is 7.09. The van der Waals surface area contributed by atoms with Gasteiger partial charge in [-0.3, -0.25) is 9.78 Å². The first-order valence-electron chi connectivity index (χ1n) is 7.09. The number of hydrogen-bond acceptors (Lipinski definition) is 3. The van der Waals surface area contributed by atoms with Gasteiger partial charge in [0, 0.05) is 19.3 Å². The molecule has 1 heterocycles. The van der Waals surface area contributed by atoms with Crippen molar-refractivity contribution in [1.29, 1.82) is 0 Å². The van der Waals surface area contributed by atoms with Crippen molar-refractivity contribution in [2.45, 2.75) is 27.3 Å². The van der Waals surface area contributed by atoms with Crippen LogP contribution in [0.4, 0.5) is 4.79 Å². The van der Waals surface area contributed by atoms with Crippen LogP contribution in [0.15, 0.2) is 24.4 Å². The smallest absolute Gasteiger partial charge is 0.323 e. The third-order valence-electron chi connectivity index (χ3n) is 2.91. The van der Waals surface area contributed by atoms with Crippen LogP contribution in [0.3, 0.4) is 0 Å². The molecule has 1 N–H and O–H groups in total. The lowest BCUT2D eigenvalue weighted by Gasteiger charge is -2.30. The molecule has 21 heavy (non-hydrogen) atoms. The van der Waals surface area contributed by atoms with Crippen LogP contribution in [0.25, 0.3) is 0 Å². The van der Waals surface area contributed by atoms with Crippen molar-refractivity contribution in [2.75, 3.05) is 19.6 Å². The number of aromatic nitrogens is 1. The number of nitrogens with zero attached hydrogens (tertiary/aromatic N) is 3. The monoisotopic (exact) mass is 293 g/mol. The Morgan fingerprint density at radius 2 is 2.00 bits per heavy atom. The van der Waals surface area contributed by atoms with Crippen LogP contribution < -0.4 is 0 Å². The number of pyridine rings is 1. The number of aliphatic carboxylic acids is 1. The zero-order valence-electron chi connectivity index (χ0n) is 12.8. The number of carbonyl (C=O) groups is 2. The predicted octanol–water partition coefficient (Wildman–Crippen LogP) is 2.07. The summed E-state index contributed by atoms with van der Waals surface area (Å²) in [6.45, 7) is 6.80. The number of carboxylic acid groups (broad SMARTS) is 1. The standard InChI is InChI=1S/C15H23N3O3/c1-4-17(10-13-7-5-6-8-16-13)15(21)18(9-12(2)3)11-14(19)20/h5-8,12H,4,9-11H2,1-3H3,(H,19,20). The molecule has 1 aromatic rings. The summed E-state index contributed by atoms with van der Waals surface area (Å²) in [5.74, 6) is -0.792. The summed E-state index contributed by atoms with van der Waals surface area (Å²) in [7, 11) is 0. The molecule has 0 aliphatic rings.